The van der Waals surface area contributed by atoms with Crippen LogP contribution in [-0.2, 0) is 11.2 Å². The molecule has 1 atom stereocenters. The highest BCUT2D eigenvalue weighted by molar-refractivity contribution is 5.87. The number of hydrogen-bond donors (Lipinski definition) is 2. The zero-order chi connectivity index (χ0) is 20.6. The molecule has 1 unspecified atom stereocenters. The molecule has 0 aliphatic carbocycles. The van der Waals surface area contributed by atoms with Crippen LogP contribution in [0.4, 0.5) is 0 Å². The van der Waals surface area contributed by atoms with Crippen molar-refractivity contribution in [2.24, 2.45) is 5.92 Å². The van der Waals surface area contributed by atoms with Gasteiger partial charge in [0.25, 0.3) is 0 Å². The van der Waals surface area contributed by atoms with E-state index in [2.05, 4.69) is 31.2 Å². The van der Waals surface area contributed by atoms with Gasteiger partial charge in [0.05, 0.1) is 5.56 Å². The Kier molecular flexibility index (Phi) is 12.4. The first-order valence-electron chi connectivity index (χ1n) is 10.4. The number of carboxylic acids is 2. The lowest BCUT2D eigenvalue weighted by atomic mass is 9.92. The highest BCUT2D eigenvalue weighted by atomic mass is 16.4. The first-order chi connectivity index (χ1) is 13.5. The Morgan fingerprint density at radius 1 is 0.964 bits per heavy atom. The van der Waals surface area contributed by atoms with Crippen molar-refractivity contribution in [1.82, 2.24) is 0 Å². The fourth-order valence-electron chi connectivity index (χ4n) is 3.11. The molecule has 0 aromatic heterocycles. The predicted octanol–water partition coefficient (Wildman–Crippen LogP) is 6.27. The van der Waals surface area contributed by atoms with Gasteiger partial charge in [0.1, 0.15) is 0 Å². The van der Waals surface area contributed by atoms with E-state index in [0.29, 0.717) is 17.9 Å². The molecule has 1 aromatic rings. The van der Waals surface area contributed by atoms with Gasteiger partial charge in [-0.3, -0.25) is 4.79 Å². The Labute approximate surface area is 169 Å². The Balaban J connectivity index is 2.55. The number of carboxylic acid groups (broad SMARTS) is 2. The highest BCUT2D eigenvalue weighted by Crippen LogP contribution is 2.19. The van der Waals surface area contributed by atoms with Gasteiger partial charge in [-0.15, -0.1) is 0 Å². The van der Waals surface area contributed by atoms with E-state index in [4.69, 9.17) is 10.2 Å². The lowest BCUT2D eigenvalue weighted by Gasteiger charge is -2.13. The summed E-state index contributed by atoms with van der Waals surface area (Å²) < 4.78 is 0. The zero-order valence-corrected chi connectivity index (χ0v) is 17.0. The molecule has 0 radical (unpaired) electrons. The van der Waals surface area contributed by atoms with E-state index in [1.165, 1.54) is 19.3 Å². The van der Waals surface area contributed by atoms with E-state index >= 15 is 0 Å². The molecule has 0 aliphatic rings. The van der Waals surface area contributed by atoms with Gasteiger partial charge in [0.15, 0.2) is 0 Å². The van der Waals surface area contributed by atoms with E-state index in [-0.39, 0.29) is 6.42 Å². The standard InChI is InChI=1S/C24H34O4/c1-2-3-4-5-6-7-8-9-12-20(13-10-11-14-23(25)26)19-21-15-17-22(18-16-21)24(27)28/h6-7,9,12,15-18,20H,2-5,8,10-11,13-14,19H2,1H3,(H,25,26)(H,27,28)/b7-6-,12-9-. The van der Waals surface area contributed by atoms with Crippen LogP contribution in [0.15, 0.2) is 48.6 Å². The minimum absolute atomic E-state index is 0.213. The SMILES string of the molecule is CCCCC/C=C\C/C=C\C(CCCCC(=O)O)Cc1ccc(C(=O)O)cc1. The van der Waals surface area contributed by atoms with Gasteiger partial charge in [-0.05, 0) is 62.1 Å². The van der Waals surface area contributed by atoms with Gasteiger partial charge >= 0.3 is 11.9 Å². The molecule has 0 spiro atoms. The summed E-state index contributed by atoms with van der Waals surface area (Å²) in [5, 5.41) is 17.8. The summed E-state index contributed by atoms with van der Waals surface area (Å²) in [6, 6.07) is 7.02. The molecule has 0 bridgehead atoms. The zero-order valence-electron chi connectivity index (χ0n) is 17.0. The van der Waals surface area contributed by atoms with E-state index in [1.54, 1.807) is 12.1 Å². The molecule has 28 heavy (non-hydrogen) atoms. The molecule has 0 saturated heterocycles. The average molecular weight is 387 g/mol. The first kappa shape index (κ1) is 23.7. The molecule has 154 valence electrons. The molecule has 1 aromatic carbocycles. The third kappa shape index (κ3) is 11.4. The Bertz CT molecular complexity index is 629. The fraction of sp³-hybridized carbons (Fsp3) is 0.500. The van der Waals surface area contributed by atoms with Crippen LogP contribution in [-0.4, -0.2) is 22.2 Å². The summed E-state index contributed by atoms with van der Waals surface area (Å²) in [5.74, 6) is -1.33. The minimum Gasteiger partial charge on any atom is -0.481 e. The maximum atomic E-state index is 11.0. The number of hydrogen-bond acceptors (Lipinski definition) is 2. The van der Waals surface area contributed by atoms with Crippen molar-refractivity contribution in [3.05, 3.63) is 59.7 Å². The van der Waals surface area contributed by atoms with Crippen molar-refractivity contribution >= 4 is 11.9 Å². The number of rotatable bonds is 15. The molecular weight excluding hydrogens is 352 g/mol. The largest absolute Gasteiger partial charge is 0.481 e. The van der Waals surface area contributed by atoms with Crippen LogP contribution in [0.3, 0.4) is 0 Å². The topological polar surface area (TPSA) is 74.6 Å². The van der Waals surface area contributed by atoms with Crippen LogP contribution in [0.5, 0.6) is 0 Å². The molecule has 0 aliphatic heterocycles. The summed E-state index contributed by atoms with van der Waals surface area (Å²) in [7, 11) is 0. The Hall–Kier alpha value is -2.36. The first-order valence-corrected chi connectivity index (χ1v) is 10.4. The summed E-state index contributed by atoms with van der Waals surface area (Å²) >= 11 is 0. The van der Waals surface area contributed by atoms with Gasteiger partial charge in [-0.25, -0.2) is 4.79 Å². The normalized spacial score (nSPS) is 12.6. The monoisotopic (exact) mass is 386 g/mol. The second-order valence-corrected chi connectivity index (χ2v) is 7.24. The quantitative estimate of drug-likeness (QED) is 0.275. The number of aliphatic carboxylic acids is 1. The predicted molar refractivity (Wildman–Crippen MR) is 114 cm³/mol. The van der Waals surface area contributed by atoms with Crippen LogP contribution in [0.25, 0.3) is 0 Å². The van der Waals surface area contributed by atoms with Crippen LogP contribution in [0.2, 0.25) is 0 Å². The summed E-state index contributed by atoms with van der Waals surface area (Å²) in [4.78, 5) is 21.7. The molecule has 2 N–H and O–H groups in total. The molecule has 0 amide bonds. The summed E-state index contributed by atoms with van der Waals surface area (Å²) in [5.41, 5.74) is 1.40. The van der Waals surface area contributed by atoms with E-state index < -0.39 is 11.9 Å². The molecular formula is C24H34O4. The third-order valence-corrected chi connectivity index (χ3v) is 4.74. The number of unbranched alkanes of at least 4 members (excludes halogenated alkanes) is 4. The van der Waals surface area contributed by atoms with Gasteiger partial charge in [0, 0.05) is 6.42 Å². The maximum Gasteiger partial charge on any atom is 0.335 e. The molecule has 0 heterocycles. The lowest BCUT2D eigenvalue weighted by Crippen LogP contribution is -2.04. The van der Waals surface area contributed by atoms with Crippen molar-refractivity contribution < 1.29 is 19.8 Å². The van der Waals surface area contributed by atoms with E-state index in [0.717, 1.165) is 37.7 Å². The second-order valence-electron chi connectivity index (χ2n) is 7.24. The Morgan fingerprint density at radius 3 is 2.36 bits per heavy atom. The van der Waals surface area contributed by atoms with Crippen molar-refractivity contribution in [2.75, 3.05) is 0 Å². The summed E-state index contributed by atoms with van der Waals surface area (Å²) in [6.07, 6.45) is 18.2. The summed E-state index contributed by atoms with van der Waals surface area (Å²) in [6.45, 7) is 2.21. The maximum absolute atomic E-state index is 11.0. The van der Waals surface area contributed by atoms with Crippen LogP contribution in [0, 0.1) is 5.92 Å². The fourth-order valence-corrected chi connectivity index (χ4v) is 3.11. The van der Waals surface area contributed by atoms with Crippen LogP contribution in [0.1, 0.15) is 80.6 Å². The lowest BCUT2D eigenvalue weighted by molar-refractivity contribution is -0.137. The van der Waals surface area contributed by atoms with Crippen LogP contribution < -0.4 is 0 Å². The van der Waals surface area contributed by atoms with Crippen molar-refractivity contribution in [3.8, 4) is 0 Å². The van der Waals surface area contributed by atoms with Gasteiger partial charge in [0.2, 0.25) is 0 Å². The van der Waals surface area contributed by atoms with Gasteiger partial charge in [-0.2, -0.15) is 0 Å². The number of allylic oxidation sites excluding steroid dienone is 4. The molecule has 0 fully saturated rings. The molecule has 4 heteroatoms. The highest BCUT2D eigenvalue weighted by Gasteiger charge is 2.08. The van der Waals surface area contributed by atoms with Crippen molar-refractivity contribution in [2.45, 2.75) is 71.1 Å². The smallest absolute Gasteiger partial charge is 0.335 e. The third-order valence-electron chi connectivity index (χ3n) is 4.74. The molecule has 4 nitrogen and oxygen atoms in total. The number of carbonyl (C=O) groups is 2. The molecule has 0 saturated carbocycles. The molecule has 1 rings (SSSR count). The van der Waals surface area contributed by atoms with Gasteiger partial charge < -0.3 is 10.2 Å². The van der Waals surface area contributed by atoms with Crippen LogP contribution >= 0.6 is 0 Å². The minimum atomic E-state index is -0.914. The number of aromatic carboxylic acids is 1. The second kappa shape index (κ2) is 14.7. The van der Waals surface area contributed by atoms with E-state index in [9.17, 15) is 9.59 Å². The van der Waals surface area contributed by atoms with Gasteiger partial charge in [-0.1, -0.05) is 62.6 Å². The van der Waals surface area contributed by atoms with Crippen molar-refractivity contribution in [3.63, 3.8) is 0 Å². The number of benzene rings is 1. The average Bonchev–Trinajstić information content (AvgIpc) is 2.67. The van der Waals surface area contributed by atoms with E-state index in [1.807, 2.05) is 12.1 Å². The van der Waals surface area contributed by atoms with Crippen molar-refractivity contribution in [1.29, 1.82) is 0 Å². The Morgan fingerprint density at radius 2 is 1.71 bits per heavy atom.